The Labute approximate surface area is 124 Å². The van der Waals surface area contributed by atoms with Gasteiger partial charge in [0, 0.05) is 6.42 Å². The van der Waals surface area contributed by atoms with Crippen LogP contribution in [0.1, 0.15) is 33.1 Å². The van der Waals surface area contributed by atoms with E-state index < -0.39 is 5.41 Å². The molecule has 4 heteroatoms. The molecule has 0 spiro atoms. The molecular weight excluding hydrogens is 266 g/mol. The number of amides is 1. The number of Topliss-reactive ketones (excluding diaryl/α,β-unsaturated/α-hetero) is 1. The van der Waals surface area contributed by atoms with Crippen LogP contribution in [-0.2, 0) is 9.59 Å². The molecule has 0 aliphatic heterocycles. The second-order valence-corrected chi connectivity index (χ2v) is 6.64. The van der Waals surface area contributed by atoms with Gasteiger partial charge in [-0.25, -0.2) is 0 Å². The van der Waals surface area contributed by atoms with Gasteiger partial charge < -0.3 is 10.1 Å². The molecule has 1 N–H and O–H groups in total. The molecule has 4 nitrogen and oxygen atoms in total. The van der Waals surface area contributed by atoms with Gasteiger partial charge in [0.1, 0.15) is 16.9 Å². The van der Waals surface area contributed by atoms with E-state index in [1.165, 1.54) is 0 Å². The summed E-state index contributed by atoms with van der Waals surface area (Å²) in [5.74, 6) is 0.853. The van der Waals surface area contributed by atoms with Crippen molar-refractivity contribution in [3.63, 3.8) is 0 Å². The molecule has 21 heavy (non-hydrogen) atoms. The molecule has 0 heterocycles. The van der Waals surface area contributed by atoms with Gasteiger partial charge in [0.15, 0.2) is 0 Å². The zero-order valence-corrected chi connectivity index (χ0v) is 12.7. The fraction of sp³-hybridized carbons (Fsp3) is 0.529. The van der Waals surface area contributed by atoms with E-state index >= 15 is 0 Å². The lowest BCUT2D eigenvalue weighted by Crippen LogP contribution is -2.46. The van der Waals surface area contributed by atoms with Crippen LogP contribution in [0, 0.1) is 16.7 Å². The Balaban J connectivity index is 1.94. The zero-order chi connectivity index (χ0) is 15.3. The first-order valence-electron chi connectivity index (χ1n) is 7.41. The number of benzene rings is 1. The lowest BCUT2D eigenvalue weighted by atomic mass is 9.68. The Kier molecular flexibility index (Phi) is 3.08. The van der Waals surface area contributed by atoms with Gasteiger partial charge in [0.05, 0.1) is 12.8 Å². The standard InChI is InChI=1S/C17H21NO3/c1-16(2)11-8-9-17(16,14(19)10-11)15(20)18-12-6-4-5-7-13(12)21-3/h4-7,11H,8-10H2,1-3H3,(H,18,20). The highest BCUT2D eigenvalue weighted by molar-refractivity contribution is 6.14. The van der Waals surface area contributed by atoms with Crippen LogP contribution in [0.25, 0.3) is 0 Å². The van der Waals surface area contributed by atoms with Crippen LogP contribution < -0.4 is 10.1 Å². The minimum Gasteiger partial charge on any atom is -0.495 e. The largest absolute Gasteiger partial charge is 0.495 e. The Hall–Kier alpha value is -1.84. The van der Waals surface area contributed by atoms with Crippen LogP contribution in [0.5, 0.6) is 5.75 Å². The number of anilines is 1. The Morgan fingerprint density at radius 3 is 2.62 bits per heavy atom. The molecular formula is C17H21NO3. The maximum absolute atomic E-state index is 12.9. The van der Waals surface area contributed by atoms with Crippen molar-refractivity contribution < 1.29 is 14.3 Å². The molecule has 0 saturated heterocycles. The number of fused-ring (bicyclic) bond motifs is 2. The van der Waals surface area contributed by atoms with Crippen LogP contribution in [-0.4, -0.2) is 18.8 Å². The number of carbonyl (C=O) groups is 2. The van der Waals surface area contributed by atoms with E-state index in [0.717, 1.165) is 6.42 Å². The van der Waals surface area contributed by atoms with Crippen LogP contribution in [0.2, 0.25) is 0 Å². The van der Waals surface area contributed by atoms with Gasteiger partial charge in [0.25, 0.3) is 0 Å². The zero-order valence-electron chi connectivity index (χ0n) is 12.7. The molecule has 0 radical (unpaired) electrons. The number of rotatable bonds is 3. The number of methoxy groups -OCH3 is 1. The van der Waals surface area contributed by atoms with Crippen molar-refractivity contribution in [2.24, 2.45) is 16.7 Å². The summed E-state index contributed by atoms with van der Waals surface area (Å²) >= 11 is 0. The molecule has 2 unspecified atom stereocenters. The first-order chi connectivity index (χ1) is 9.93. The van der Waals surface area contributed by atoms with Crippen molar-refractivity contribution in [1.82, 2.24) is 0 Å². The summed E-state index contributed by atoms with van der Waals surface area (Å²) in [5.41, 5.74) is -0.521. The van der Waals surface area contributed by atoms with Crippen molar-refractivity contribution in [3.8, 4) is 5.75 Å². The van der Waals surface area contributed by atoms with Gasteiger partial charge in [-0.1, -0.05) is 26.0 Å². The van der Waals surface area contributed by atoms with Crippen molar-refractivity contribution >= 4 is 17.4 Å². The third kappa shape index (κ3) is 1.74. The fourth-order valence-electron chi connectivity index (χ4n) is 4.19. The molecule has 0 aromatic heterocycles. The Morgan fingerprint density at radius 1 is 1.33 bits per heavy atom. The minimum absolute atomic E-state index is 0.0937. The van der Waals surface area contributed by atoms with Crippen molar-refractivity contribution in [2.45, 2.75) is 33.1 Å². The Morgan fingerprint density at radius 2 is 2.05 bits per heavy atom. The topological polar surface area (TPSA) is 55.4 Å². The van der Waals surface area contributed by atoms with Gasteiger partial charge in [-0.2, -0.15) is 0 Å². The minimum atomic E-state index is -0.876. The average molecular weight is 287 g/mol. The number of hydrogen-bond acceptors (Lipinski definition) is 3. The van der Waals surface area contributed by atoms with Crippen molar-refractivity contribution in [3.05, 3.63) is 24.3 Å². The summed E-state index contributed by atoms with van der Waals surface area (Å²) in [6.07, 6.45) is 2.15. The van der Waals surface area contributed by atoms with Crippen molar-refractivity contribution in [1.29, 1.82) is 0 Å². The number of ether oxygens (including phenoxy) is 1. The van der Waals surface area contributed by atoms with E-state index in [-0.39, 0.29) is 17.1 Å². The molecule has 1 aromatic carbocycles. The Bertz CT molecular complexity index is 608. The highest BCUT2D eigenvalue weighted by atomic mass is 16.5. The first-order valence-corrected chi connectivity index (χ1v) is 7.41. The van der Waals surface area contributed by atoms with Gasteiger partial charge in [-0.15, -0.1) is 0 Å². The predicted molar refractivity (Wildman–Crippen MR) is 80.2 cm³/mol. The van der Waals surface area contributed by atoms with Crippen molar-refractivity contribution in [2.75, 3.05) is 12.4 Å². The van der Waals surface area contributed by atoms with Gasteiger partial charge in [-0.05, 0) is 36.3 Å². The smallest absolute Gasteiger partial charge is 0.238 e. The van der Waals surface area contributed by atoms with E-state index in [2.05, 4.69) is 19.2 Å². The molecule has 1 aromatic rings. The molecule has 2 atom stereocenters. The number of para-hydroxylation sites is 2. The maximum atomic E-state index is 12.9. The molecule has 112 valence electrons. The fourth-order valence-corrected chi connectivity index (χ4v) is 4.19. The molecule has 2 bridgehead atoms. The summed E-state index contributed by atoms with van der Waals surface area (Å²) in [4.78, 5) is 25.4. The summed E-state index contributed by atoms with van der Waals surface area (Å²) < 4.78 is 5.27. The number of nitrogens with one attached hydrogen (secondary N) is 1. The number of ketones is 1. The molecule has 3 rings (SSSR count). The normalized spacial score (nSPS) is 29.5. The van der Waals surface area contributed by atoms with E-state index in [0.29, 0.717) is 30.2 Å². The molecule has 2 fully saturated rings. The van der Waals surface area contributed by atoms with Gasteiger partial charge >= 0.3 is 0 Å². The summed E-state index contributed by atoms with van der Waals surface area (Å²) in [5, 5.41) is 2.92. The van der Waals surface area contributed by atoms with Crippen LogP contribution in [0.15, 0.2) is 24.3 Å². The monoisotopic (exact) mass is 287 g/mol. The van der Waals surface area contributed by atoms with Crippen LogP contribution >= 0.6 is 0 Å². The van der Waals surface area contributed by atoms with Gasteiger partial charge in [-0.3, -0.25) is 9.59 Å². The summed E-state index contributed by atoms with van der Waals surface area (Å²) in [6.45, 7) is 4.11. The van der Waals surface area contributed by atoms with E-state index in [9.17, 15) is 9.59 Å². The first kappa shape index (κ1) is 14.1. The summed E-state index contributed by atoms with van der Waals surface area (Å²) in [7, 11) is 1.57. The average Bonchev–Trinajstić information content (AvgIpc) is 2.82. The molecule has 2 saturated carbocycles. The van der Waals surface area contributed by atoms with E-state index in [1.807, 2.05) is 12.1 Å². The maximum Gasteiger partial charge on any atom is 0.238 e. The quantitative estimate of drug-likeness (QED) is 0.869. The highest BCUT2D eigenvalue weighted by Gasteiger charge is 2.68. The number of hydrogen-bond donors (Lipinski definition) is 1. The SMILES string of the molecule is COc1ccccc1NC(=O)C12CCC(CC1=O)C2(C)C. The predicted octanol–water partition coefficient (Wildman–Crippen LogP) is 3.03. The molecule has 2 aliphatic carbocycles. The van der Waals surface area contributed by atoms with E-state index in [4.69, 9.17) is 4.74 Å². The third-order valence-corrected chi connectivity index (χ3v) is 5.64. The van der Waals surface area contributed by atoms with Crippen LogP contribution in [0.4, 0.5) is 5.69 Å². The lowest BCUT2D eigenvalue weighted by Gasteiger charge is -2.35. The molecule has 1 amide bonds. The van der Waals surface area contributed by atoms with Crippen LogP contribution in [0.3, 0.4) is 0 Å². The third-order valence-electron chi connectivity index (χ3n) is 5.64. The molecule has 2 aliphatic rings. The highest BCUT2D eigenvalue weighted by Crippen LogP contribution is 2.64. The summed E-state index contributed by atoms with van der Waals surface area (Å²) in [6, 6.07) is 7.29. The second kappa shape index (κ2) is 4.58. The van der Waals surface area contributed by atoms with E-state index in [1.54, 1.807) is 19.2 Å². The second-order valence-electron chi connectivity index (χ2n) is 6.64. The lowest BCUT2D eigenvalue weighted by molar-refractivity contribution is -0.141. The van der Waals surface area contributed by atoms with Gasteiger partial charge in [0.2, 0.25) is 5.91 Å². The number of carbonyl (C=O) groups excluding carboxylic acids is 2.